The van der Waals surface area contributed by atoms with Gasteiger partial charge >= 0.3 is 0 Å². The maximum atomic E-state index is 12.3. The second kappa shape index (κ2) is 8.04. The molecular weight excluding hydrogens is 302 g/mol. The molecule has 0 N–H and O–H groups in total. The maximum absolute atomic E-state index is 12.3. The van der Waals surface area contributed by atoms with Crippen LogP contribution >= 0.6 is 0 Å². The van der Waals surface area contributed by atoms with Crippen LogP contribution in [0.4, 0.5) is 0 Å². The van der Waals surface area contributed by atoms with E-state index in [0.29, 0.717) is 18.1 Å². The first-order valence-electron chi connectivity index (χ1n) is 8.79. The molecule has 1 aliphatic rings. The van der Waals surface area contributed by atoms with E-state index in [9.17, 15) is 4.79 Å². The van der Waals surface area contributed by atoms with E-state index in [0.717, 1.165) is 38.1 Å². The third-order valence-corrected chi connectivity index (χ3v) is 4.75. The van der Waals surface area contributed by atoms with Crippen LogP contribution in [0.25, 0.3) is 0 Å². The summed E-state index contributed by atoms with van der Waals surface area (Å²) >= 11 is 0. The number of ether oxygens (including phenoxy) is 1. The van der Waals surface area contributed by atoms with Gasteiger partial charge in [-0.2, -0.15) is 0 Å². The quantitative estimate of drug-likeness (QED) is 0.800. The summed E-state index contributed by atoms with van der Waals surface area (Å²) in [7, 11) is 0. The molecule has 0 spiro atoms. The number of likely N-dealkylation sites (tertiary alicyclic amines) is 1. The molecule has 0 atom stereocenters. The molecular formula is C20H25NO3. The molecule has 1 fully saturated rings. The van der Waals surface area contributed by atoms with Gasteiger partial charge in [0.25, 0.3) is 5.91 Å². The van der Waals surface area contributed by atoms with Gasteiger partial charge in [0.2, 0.25) is 0 Å². The number of furan rings is 1. The minimum absolute atomic E-state index is 0.0914. The Hall–Kier alpha value is -2.23. The number of hydrogen-bond acceptors (Lipinski definition) is 3. The summed E-state index contributed by atoms with van der Waals surface area (Å²) in [6.45, 7) is 4.39. The van der Waals surface area contributed by atoms with E-state index >= 15 is 0 Å². The van der Waals surface area contributed by atoms with E-state index in [-0.39, 0.29) is 5.91 Å². The molecule has 0 saturated carbocycles. The Balaban J connectivity index is 1.43. The van der Waals surface area contributed by atoms with Crippen LogP contribution in [0.2, 0.25) is 0 Å². The van der Waals surface area contributed by atoms with Crippen molar-refractivity contribution >= 4 is 5.91 Å². The number of amides is 1. The lowest BCUT2D eigenvalue weighted by Crippen LogP contribution is -2.38. The van der Waals surface area contributed by atoms with Crippen LogP contribution in [0, 0.1) is 5.92 Å². The molecule has 2 aromatic rings. The first-order chi connectivity index (χ1) is 11.8. The van der Waals surface area contributed by atoms with E-state index in [1.54, 1.807) is 12.3 Å². The molecule has 128 valence electrons. The Kier molecular flexibility index (Phi) is 5.57. The van der Waals surface area contributed by atoms with Crippen LogP contribution in [0.5, 0.6) is 5.75 Å². The Morgan fingerprint density at radius 2 is 1.96 bits per heavy atom. The number of piperidine rings is 1. The van der Waals surface area contributed by atoms with Crippen molar-refractivity contribution in [2.24, 2.45) is 5.92 Å². The highest BCUT2D eigenvalue weighted by Crippen LogP contribution is 2.24. The minimum Gasteiger partial charge on any atom is -0.494 e. The molecule has 3 rings (SSSR count). The van der Waals surface area contributed by atoms with Gasteiger partial charge < -0.3 is 14.1 Å². The fraction of sp³-hybridized carbons (Fsp3) is 0.450. The summed E-state index contributed by atoms with van der Waals surface area (Å²) in [6.07, 6.45) is 7.52. The van der Waals surface area contributed by atoms with Crippen LogP contribution in [0.1, 0.15) is 42.1 Å². The summed E-state index contributed by atoms with van der Waals surface area (Å²) in [6, 6.07) is 10.1. The summed E-state index contributed by atoms with van der Waals surface area (Å²) < 4.78 is 10.5. The maximum Gasteiger partial charge on any atom is 0.257 e. The van der Waals surface area contributed by atoms with Crippen LogP contribution in [0.3, 0.4) is 0 Å². The van der Waals surface area contributed by atoms with Gasteiger partial charge in [0.15, 0.2) is 0 Å². The SMILES string of the molecule is CCOc1ccc(CCC2CCN(C(=O)c3ccoc3)CC2)cc1. The van der Waals surface area contributed by atoms with Gasteiger partial charge in [-0.05, 0) is 62.3 Å². The zero-order valence-corrected chi connectivity index (χ0v) is 14.2. The molecule has 24 heavy (non-hydrogen) atoms. The highest BCUT2D eigenvalue weighted by atomic mass is 16.5. The Morgan fingerprint density at radius 1 is 1.21 bits per heavy atom. The Morgan fingerprint density at radius 3 is 2.58 bits per heavy atom. The number of carbonyl (C=O) groups excluding carboxylic acids is 1. The Bertz CT molecular complexity index is 625. The molecule has 1 saturated heterocycles. The summed E-state index contributed by atoms with van der Waals surface area (Å²) in [5.41, 5.74) is 2.01. The van der Waals surface area contributed by atoms with Crippen LogP contribution in [-0.2, 0) is 6.42 Å². The van der Waals surface area contributed by atoms with Crippen molar-refractivity contribution in [2.75, 3.05) is 19.7 Å². The number of aryl methyl sites for hydroxylation is 1. The van der Waals surface area contributed by atoms with Gasteiger partial charge in [0, 0.05) is 13.1 Å². The molecule has 1 aliphatic heterocycles. The standard InChI is InChI=1S/C20H25NO3/c1-2-24-19-7-5-16(6-8-19)3-4-17-9-12-21(13-10-17)20(22)18-11-14-23-15-18/h5-8,11,14-15,17H,2-4,9-10,12-13H2,1H3. The molecule has 0 aliphatic carbocycles. The second-order valence-electron chi connectivity index (χ2n) is 6.36. The fourth-order valence-electron chi connectivity index (χ4n) is 3.28. The van der Waals surface area contributed by atoms with E-state index in [1.165, 1.54) is 18.2 Å². The van der Waals surface area contributed by atoms with Gasteiger partial charge in [0.05, 0.1) is 18.4 Å². The molecule has 0 bridgehead atoms. The largest absolute Gasteiger partial charge is 0.494 e. The molecule has 0 unspecified atom stereocenters. The first-order valence-corrected chi connectivity index (χ1v) is 8.79. The van der Waals surface area contributed by atoms with Crippen molar-refractivity contribution < 1.29 is 13.9 Å². The second-order valence-corrected chi connectivity index (χ2v) is 6.36. The van der Waals surface area contributed by atoms with Crippen molar-refractivity contribution in [3.63, 3.8) is 0 Å². The summed E-state index contributed by atoms with van der Waals surface area (Å²) in [5.74, 6) is 1.73. The first kappa shape index (κ1) is 16.6. The summed E-state index contributed by atoms with van der Waals surface area (Å²) in [4.78, 5) is 14.2. The lowest BCUT2D eigenvalue weighted by atomic mass is 9.90. The van der Waals surface area contributed by atoms with Crippen LogP contribution in [-0.4, -0.2) is 30.5 Å². The Labute approximate surface area is 143 Å². The van der Waals surface area contributed by atoms with Gasteiger partial charge in [-0.15, -0.1) is 0 Å². The van der Waals surface area contributed by atoms with Gasteiger partial charge in [-0.3, -0.25) is 4.79 Å². The van der Waals surface area contributed by atoms with E-state index < -0.39 is 0 Å². The third kappa shape index (κ3) is 4.19. The monoisotopic (exact) mass is 327 g/mol. The van der Waals surface area contributed by atoms with Gasteiger partial charge in [0.1, 0.15) is 12.0 Å². The highest BCUT2D eigenvalue weighted by molar-refractivity contribution is 5.93. The molecule has 4 heteroatoms. The zero-order valence-electron chi connectivity index (χ0n) is 14.2. The summed E-state index contributed by atoms with van der Waals surface area (Å²) in [5, 5.41) is 0. The van der Waals surface area contributed by atoms with Crippen LogP contribution < -0.4 is 4.74 Å². The number of nitrogens with zero attached hydrogens (tertiary/aromatic N) is 1. The van der Waals surface area contributed by atoms with Crippen molar-refractivity contribution in [2.45, 2.75) is 32.6 Å². The predicted molar refractivity (Wildman–Crippen MR) is 93.3 cm³/mol. The lowest BCUT2D eigenvalue weighted by Gasteiger charge is -2.31. The minimum atomic E-state index is 0.0914. The zero-order chi connectivity index (χ0) is 16.8. The number of rotatable bonds is 6. The van der Waals surface area contributed by atoms with Gasteiger partial charge in [-0.1, -0.05) is 12.1 Å². The molecule has 1 aromatic carbocycles. The average Bonchev–Trinajstić information content (AvgIpc) is 3.16. The number of hydrogen-bond donors (Lipinski definition) is 0. The van der Waals surface area contributed by atoms with Crippen molar-refractivity contribution in [3.8, 4) is 5.75 Å². The van der Waals surface area contributed by atoms with E-state index in [1.807, 2.05) is 24.0 Å². The smallest absolute Gasteiger partial charge is 0.257 e. The van der Waals surface area contributed by atoms with Crippen molar-refractivity contribution in [1.82, 2.24) is 4.90 Å². The van der Waals surface area contributed by atoms with Crippen molar-refractivity contribution in [3.05, 3.63) is 54.0 Å². The van der Waals surface area contributed by atoms with E-state index in [4.69, 9.17) is 9.15 Å². The number of carbonyl (C=O) groups is 1. The predicted octanol–water partition coefficient (Wildman–Crippen LogP) is 4.16. The molecule has 0 radical (unpaired) electrons. The highest BCUT2D eigenvalue weighted by Gasteiger charge is 2.23. The molecule has 1 aromatic heterocycles. The van der Waals surface area contributed by atoms with Crippen molar-refractivity contribution in [1.29, 1.82) is 0 Å². The molecule has 1 amide bonds. The average molecular weight is 327 g/mol. The van der Waals surface area contributed by atoms with Gasteiger partial charge in [-0.25, -0.2) is 0 Å². The topological polar surface area (TPSA) is 42.7 Å². The lowest BCUT2D eigenvalue weighted by molar-refractivity contribution is 0.0686. The third-order valence-electron chi connectivity index (χ3n) is 4.75. The molecule has 2 heterocycles. The van der Waals surface area contributed by atoms with E-state index in [2.05, 4.69) is 12.1 Å². The normalized spacial score (nSPS) is 15.5. The molecule has 4 nitrogen and oxygen atoms in total. The fourth-order valence-corrected chi connectivity index (χ4v) is 3.28. The van der Waals surface area contributed by atoms with Crippen LogP contribution in [0.15, 0.2) is 47.3 Å². The number of benzene rings is 1.